The van der Waals surface area contributed by atoms with Crippen molar-refractivity contribution in [2.75, 3.05) is 13.2 Å². The number of hydrogen-bond acceptors (Lipinski definition) is 6. The van der Waals surface area contributed by atoms with E-state index >= 15 is 0 Å². The maximum Gasteiger partial charge on any atom is 0.306 e. The molecule has 0 heterocycles. The van der Waals surface area contributed by atoms with Crippen LogP contribution in [0.25, 0.3) is 0 Å². The molecule has 77 heavy (non-hydrogen) atoms. The maximum atomic E-state index is 12.8. The highest BCUT2D eigenvalue weighted by molar-refractivity contribution is 5.71. The number of unbranched alkanes of at least 4 members (excludes halogenated alkanes) is 20. The topological polar surface area (TPSA) is 78.9 Å². The van der Waals surface area contributed by atoms with Gasteiger partial charge in [-0.25, -0.2) is 0 Å². The number of carbonyl (C=O) groups is 3. The van der Waals surface area contributed by atoms with Crippen molar-refractivity contribution in [2.24, 2.45) is 0 Å². The van der Waals surface area contributed by atoms with Gasteiger partial charge < -0.3 is 14.2 Å². The molecule has 0 bridgehead atoms. The van der Waals surface area contributed by atoms with Gasteiger partial charge in [0, 0.05) is 19.3 Å². The largest absolute Gasteiger partial charge is 0.462 e. The smallest absolute Gasteiger partial charge is 0.306 e. The Hall–Kier alpha value is -4.71. The van der Waals surface area contributed by atoms with Crippen molar-refractivity contribution < 1.29 is 28.6 Å². The van der Waals surface area contributed by atoms with Crippen LogP contribution in [0.3, 0.4) is 0 Å². The molecule has 6 heteroatoms. The van der Waals surface area contributed by atoms with Gasteiger partial charge in [-0.05, 0) is 122 Å². The molecule has 1 unspecified atom stereocenters. The zero-order chi connectivity index (χ0) is 55.7. The van der Waals surface area contributed by atoms with Crippen molar-refractivity contribution in [3.63, 3.8) is 0 Å². The van der Waals surface area contributed by atoms with Gasteiger partial charge in [0.1, 0.15) is 13.2 Å². The Labute approximate surface area is 474 Å². The van der Waals surface area contributed by atoms with Crippen molar-refractivity contribution in [3.05, 3.63) is 146 Å². The third-order valence-corrected chi connectivity index (χ3v) is 12.8. The summed E-state index contributed by atoms with van der Waals surface area (Å²) in [7, 11) is 0. The second-order valence-corrected chi connectivity index (χ2v) is 20.2. The summed E-state index contributed by atoms with van der Waals surface area (Å²) >= 11 is 0. The molecule has 0 aromatic heterocycles. The molecule has 0 N–H and O–H groups in total. The second kappa shape index (κ2) is 63.8. The molecule has 434 valence electrons. The quantitative estimate of drug-likeness (QED) is 0.0261. The number of carbonyl (C=O) groups excluding carboxylic acids is 3. The van der Waals surface area contributed by atoms with E-state index < -0.39 is 12.1 Å². The highest BCUT2D eigenvalue weighted by Gasteiger charge is 2.19. The maximum absolute atomic E-state index is 12.8. The van der Waals surface area contributed by atoms with Crippen molar-refractivity contribution in [2.45, 2.75) is 271 Å². The van der Waals surface area contributed by atoms with Gasteiger partial charge in [0.15, 0.2) is 6.10 Å². The summed E-state index contributed by atoms with van der Waals surface area (Å²) in [6.07, 6.45) is 91.7. The molecule has 0 aromatic carbocycles. The standard InChI is InChI=1S/C71H114O6/c1-4-7-10-13-16-19-22-25-26-27-28-29-30-31-32-33-34-35-36-37-38-39-40-41-42-43-44-47-49-52-55-58-61-64-70(73)76-67-68(77-71(74)65-62-59-56-53-50-46-24-21-18-15-12-9-6-3)66-75-69(72)63-60-57-54-51-48-45-23-20-17-14-11-8-5-2/h7,9-12,14,16,18-21,23,25-26,28-29,31-32,34-35,46,50,56,59,68H,4-6,8,13,15,17,22,24,27,30,33,36-45,47-49,51-55,57-58,60-67H2,1-3H3/b10-7-,12-9-,14-11-,19-16-,21-18-,23-20-,26-25-,29-28-,32-31-,35-34-,50-46-,59-56-. The molecular formula is C71H114O6. The molecule has 0 spiro atoms. The van der Waals surface area contributed by atoms with E-state index in [1.54, 1.807) is 0 Å². The normalized spacial score (nSPS) is 13.1. The SMILES string of the molecule is CC/C=C\C/C=C\C/C=C\C/C=C\C/C=C\C/C=C\CCCCCCCCCCCCCCCCC(=O)OCC(COC(=O)CCCCCCC/C=C\C/C=C\CCC)OC(=O)CC/C=C\C/C=C\C/C=C\C/C=C\CC. The highest BCUT2D eigenvalue weighted by atomic mass is 16.6. The molecule has 0 saturated carbocycles. The van der Waals surface area contributed by atoms with Gasteiger partial charge in [-0.1, -0.05) is 269 Å². The first kappa shape index (κ1) is 72.3. The lowest BCUT2D eigenvalue weighted by molar-refractivity contribution is -0.166. The Morgan fingerprint density at radius 1 is 0.273 bits per heavy atom. The molecule has 0 saturated heterocycles. The molecule has 1 atom stereocenters. The fourth-order valence-electron chi connectivity index (χ4n) is 8.20. The lowest BCUT2D eigenvalue weighted by Crippen LogP contribution is -2.30. The molecule has 6 nitrogen and oxygen atoms in total. The molecule has 0 aliphatic heterocycles. The fourth-order valence-corrected chi connectivity index (χ4v) is 8.20. The molecule has 0 amide bonds. The average molecular weight is 1060 g/mol. The molecule has 0 radical (unpaired) electrons. The summed E-state index contributed by atoms with van der Waals surface area (Å²) in [4.78, 5) is 38.1. The molecule has 0 rings (SSSR count). The van der Waals surface area contributed by atoms with E-state index in [0.29, 0.717) is 19.3 Å². The highest BCUT2D eigenvalue weighted by Crippen LogP contribution is 2.15. The summed E-state index contributed by atoms with van der Waals surface area (Å²) < 4.78 is 16.8. The minimum Gasteiger partial charge on any atom is -0.462 e. The van der Waals surface area contributed by atoms with Crippen LogP contribution in [-0.2, 0) is 28.6 Å². The first-order valence-electron chi connectivity index (χ1n) is 31.3. The van der Waals surface area contributed by atoms with Gasteiger partial charge in [0.05, 0.1) is 0 Å². The second-order valence-electron chi connectivity index (χ2n) is 20.2. The molecule has 0 aromatic rings. The van der Waals surface area contributed by atoms with Gasteiger partial charge in [-0.3, -0.25) is 14.4 Å². The Kier molecular flexibility index (Phi) is 59.9. The Morgan fingerprint density at radius 3 is 0.844 bits per heavy atom. The summed E-state index contributed by atoms with van der Waals surface area (Å²) in [5, 5.41) is 0. The van der Waals surface area contributed by atoms with Crippen LogP contribution in [0, 0.1) is 0 Å². The molecule has 0 fully saturated rings. The summed E-state index contributed by atoms with van der Waals surface area (Å²) in [5.74, 6) is -1.02. The van der Waals surface area contributed by atoms with E-state index in [0.717, 1.165) is 135 Å². The van der Waals surface area contributed by atoms with Crippen LogP contribution in [0.15, 0.2) is 146 Å². The van der Waals surface area contributed by atoms with Crippen LogP contribution < -0.4 is 0 Å². The zero-order valence-electron chi connectivity index (χ0n) is 49.7. The average Bonchev–Trinajstić information content (AvgIpc) is 3.43. The van der Waals surface area contributed by atoms with Crippen LogP contribution in [0.4, 0.5) is 0 Å². The number of hydrogen-bond donors (Lipinski definition) is 0. The van der Waals surface area contributed by atoms with Crippen molar-refractivity contribution in [1.82, 2.24) is 0 Å². The minimum absolute atomic E-state index is 0.115. The van der Waals surface area contributed by atoms with E-state index in [9.17, 15) is 14.4 Å². The third kappa shape index (κ3) is 62.0. The van der Waals surface area contributed by atoms with Crippen LogP contribution in [-0.4, -0.2) is 37.2 Å². The van der Waals surface area contributed by atoms with E-state index in [1.807, 2.05) is 12.2 Å². The lowest BCUT2D eigenvalue weighted by atomic mass is 10.0. The lowest BCUT2D eigenvalue weighted by Gasteiger charge is -2.18. The van der Waals surface area contributed by atoms with Crippen molar-refractivity contribution >= 4 is 17.9 Å². The van der Waals surface area contributed by atoms with Gasteiger partial charge in [-0.15, -0.1) is 0 Å². The molecular weight excluding hydrogens is 949 g/mol. The number of allylic oxidation sites excluding steroid dienone is 24. The van der Waals surface area contributed by atoms with E-state index in [4.69, 9.17) is 14.2 Å². The number of rotatable bonds is 55. The van der Waals surface area contributed by atoms with Crippen molar-refractivity contribution in [1.29, 1.82) is 0 Å². The Morgan fingerprint density at radius 2 is 0.532 bits per heavy atom. The summed E-state index contributed by atoms with van der Waals surface area (Å²) in [6.45, 7) is 6.27. The van der Waals surface area contributed by atoms with Gasteiger partial charge in [0.2, 0.25) is 0 Å². The molecule has 0 aliphatic carbocycles. The third-order valence-electron chi connectivity index (χ3n) is 12.8. The van der Waals surface area contributed by atoms with E-state index in [1.165, 1.54) is 83.5 Å². The monoisotopic (exact) mass is 1060 g/mol. The van der Waals surface area contributed by atoms with Gasteiger partial charge in [-0.2, -0.15) is 0 Å². The predicted molar refractivity (Wildman–Crippen MR) is 334 cm³/mol. The Bertz CT molecular complexity index is 1700. The van der Waals surface area contributed by atoms with Crippen LogP contribution >= 0.6 is 0 Å². The predicted octanol–water partition coefficient (Wildman–Crippen LogP) is 21.5. The first-order valence-corrected chi connectivity index (χ1v) is 31.3. The van der Waals surface area contributed by atoms with Gasteiger partial charge >= 0.3 is 17.9 Å². The van der Waals surface area contributed by atoms with Crippen LogP contribution in [0.1, 0.15) is 265 Å². The summed E-state index contributed by atoms with van der Waals surface area (Å²) in [6, 6.07) is 0. The minimum atomic E-state index is -0.826. The number of esters is 3. The van der Waals surface area contributed by atoms with Crippen molar-refractivity contribution in [3.8, 4) is 0 Å². The number of ether oxygens (including phenoxy) is 3. The first-order chi connectivity index (χ1) is 38.0. The van der Waals surface area contributed by atoms with Gasteiger partial charge in [0.25, 0.3) is 0 Å². The fraction of sp³-hybridized carbons (Fsp3) is 0.620. The van der Waals surface area contributed by atoms with Crippen LogP contribution in [0.5, 0.6) is 0 Å². The zero-order valence-corrected chi connectivity index (χ0v) is 49.7. The van der Waals surface area contributed by atoms with E-state index in [-0.39, 0.29) is 31.6 Å². The summed E-state index contributed by atoms with van der Waals surface area (Å²) in [5.41, 5.74) is 0. The molecule has 0 aliphatic rings. The Balaban J connectivity index is 4.22. The van der Waals surface area contributed by atoms with Crippen LogP contribution in [0.2, 0.25) is 0 Å². The van der Waals surface area contributed by atoms with E-state index in [2.05, 4.69) is 154 Å².